The Morgan fingerprint density at radius 1 is 1.26 bits per heavy atom. The van der Waals surface area contributed by atoms with E-state index in [1.807, 2.05) is 4.83 Å². The third-order valence-electron chi connectivity index (χ3n) is 3.18. The molecule has 10 heteroatoms. The highest BCUT2D eigenvalue weighted by Gasteiger charge is 2.24. The predicted molar refractivity (Wildman–Crippen MR) is 86.9 cm³/mol. The zero-order valence-corrected chi connectivity index (χ0v) is 14.8. The molecule has 0 fully saturated rings. The van der Waals surface area contributed by atoms with E-state index in [0.717, 1.165) is 0 Å². The van der Waals surface area contributed by atoms with Crippen LogP contribution in [0.2, 0.25) is 10.0 Å². The summed E-state index contributed by atoms with van der Waals surface area (Å²) in [7, 11) is -2.34. The van der Waals surface area contributed by atoms with Crippen LogP contribution in [0.15, 0.2) is 23.1 Å². The van der Waals surface area contributed by atoms with Crippen molar-refractivity contribution in [1.82, 2.24) is 20.0 Å². The SMILES string of the molecule is Cc1nn(C)c(C)c1S(=O)(=O)NNC(=O)c1cc(Cl)ccc1Cl. The fraction of sp³-hybridized carbons (Fsp3) is 0.231. The fourth-order valence-electron chi connectivity index (χ4n) is 2.05. The first-order valence-electron chi connectivity index (χ1n) is 6.41. The maximum atomic E-state index is 12.3. The van der Waals surface area contributed by atoms with Crippen molar-refractivity contribution in [2.45, 2.75) is 18.7 Å². The van der Waals surface area contributed by atoms with E-state index in [-0.39, 0.29) is 15.5 Å². The van der Waals surface area contributed by atoms with Gasteiger partial charge in [0.15, 0.2) is 0 Å². The summed E-state index contributed by atoms with van der Waals surface area (Å²) in [4.78, 5) is 14.1. The highest BCUT2D eigenvalue weighted by atomic mass is 35.5. The molecule has 1 amide bonds. The van der Waals surface area contributed by atoms with Gasteiger partial charge in [0, 0.05) is 12.1 Å². The maximum absolute atomic E-state index is 12.3. The molecule has 0 aliphatic rings. The van der Waals surface area contributed by atoms with Gasteiger partial charge in [0.1, 0.15) is 4.90 Å². The summed E-state index contributed by atoms with van der Waals surface area (Å²) < 4.78 is 26.1. The van der Waals surface area contributed by atoms with E-state index in [1.54, 1.807) is 20.9 Å². The highest BCUT2D eigenvalue weighted by molar-refractivity contribution is 7.89. The molecule has 0 radical (unpaired) electrons. The number of carbonyl (C=O) groups excluding carboxylic acids is 1. The second-order valence-electron chi connectivity index (χ2n) is 4.81. The van der Waals surface area contributed by atoms with Crippen molar-refractivity contribution >= 4 is 39.1 Å². The van der Waals surface area contributed by atoms with Crippen molar-refractivity contribution in [2.24, 2.45) is 7.05 Å². The van der Waals surface area contributed by atoms with Crippen molar-refractivity contribution in [1.29, 1.82) is 0 Å². The molecule has 0 aliphatic heterocycles. The molecule has 0 saturated heterocycles. The van der Waals surface area contributed by atoms with E-state index < -0.39 is 15.9 Å². The lowest BCUT2D eigenvalue weighted by Gasteiger charge is -2.10. The molecule has 0 saturated carbocycles. The number of amides is 1. The summed E-state index contributed by atoms with van der Waals surface area (Å²) in [5.74, 6) is -0.722. The molecular formula is C13H14Cl2N4O3S. The molecular weight excluding hydrogens is 363 g/mol. The number of carbonyl (C=O) groups is 1. The smallest absolute Gasteiger partial charge is 0.267 e. The Labute approximate surface area is 143 Å². The molecule has 0 bridgehead atoms. The van der Waals surface area contributed by atoms with Crippen LogP contribution in [0.1, 0.15) is 21.7 Å². The minimum absolute atomic E-state index is 0.0116. The second kappa shape index (κ2) is 6.48. The average Bonchev–Trinajstić information content (AvgIpc) is 2.72. The van der Waals surface area contributed by atoms with E-state index in [1.165, 1.54) is 22.9 Å². The molecule has 124 valence electrons. The van der Waals surface area contributed by atoms with Crippen molar-refractivity contribution in [3.05, 3.63) is 45.2 Å². The molecule has 23 heavy (non-hydrogen) atoms. The zero-order valence-electron chi connectivity index (χ0n) is 12.5. The summed E-state index contributed by atoms with van der Waals surface area (Å²) in [5.41, 5.74) is 2.94. The summed E-state index contributed by atoms with van der Waals surface area (Å²) in [5, 5.41) is 4.49. The Hall–Kier alpha value is -1.61. The fourth-order valence-corrected chi connectivity index (χ4v) is 3.70. The largest absolute Gasteiger partial charge is 0.273 e. The normalized spacial score (nSPS) is 11.5. The minimum Gasteiger partial charge on any atom is -0.273 e. The number of sulfonamides is 1. The number of nitrogens with zero attached hydrogens (tertiary/aromatic N) is 2. The second-order valence-corrected chi connectivity index (χ2v) is 7.27. The van der Waals surface area contributed by atoms with Crippen molar-refractivity contribution in [3.8, 4) is 0 Å². The molecule has 2 aromatic rings. The number of halogens is 2. The van der Waals surface area contributed by atoms with Crippen molar-refractivity contribution in [3.63, 3.8) is 0 Å². The Morgan fingerprint density at radius 3 is 2.48 bits per heavy atom. The van der Waals surface area contributed by atoms with E-state index in [4.69, 9.17) is 23.2 Å². The first kappa shape index (κ1) is 17.7. The van der Waals surface area contributed by atoms with Gasteiger partial charge in [0.25, 0.3) is 15.9 Å². The number of rotatable bonds is 4. The molecule has 1 heterocycles. The van der Waals surface area contributed by atoms with E-state index >= 15 is 0 Å². The molecule has 0 spiro atoms. The molecule has 7 nitrogen and oxygen atoms in total. The number of benzene rings is 1. The number of nitrogens with one attached hydrogen (secondary N) is 2. The summed E-state index contributed by atoms with van der Waals surface area (Å²) in [6.07, 6.45) is 0. The first-order valence-corrected chi connectivity index (χ1v) is 8.65. The van der Waals surface area contributed by atoms with Crippen LogP contribution in [-0.4, -0.2) is 24.1 Å². The first-order chi connectivity index (χ1) is 10.6. The Balaban J connectivity index is 2.22. The van der Waals surface area contributed by atoms with Crippen LogP contribution in [-0.2, 0) is 17.1 Å². The lowest BCUT2D eigenvalue weighted by atomic mass is 10.2. The van der Waals surface area contributed by atoms with Gasteiger partial charge in [-0.2, -0.15) is 5.10 Å². The molecule has 0 unspecified atom stereocenters. The average molecular weight is 377 g/mol. The molecule has 0 aliphatic carbocycles. The third kappa shape index (κ3) is 3.66. The zero-order chi connectivity index (χ0) is 17.4. The van der Waals surface area contributed by atoms with Gasteiger partial charge in [-0.05, 0) is 32.0 Å². The van der Waals surface area contributed by atoms with Gasteiger partial charge >= 0.3 is 0 Å². The van der Waals surface area contributed by atoms with Crippen molar-refractivity contribution < 1.29 is 13.2 Å². The van der Waals surface area contributed by atoms with Gasteiger partial charge in [-0.25, -0.2) is 8.42 Å². The molecule has 2 N–H and O–H groups in total. The van der Waals surface area contributed by atoms with Gasteiger partial charge in [-0.1, -0.05) is 23.2 Å². The number of aromatic nitrogens is 2. The van der Waals surface area contributed by atoms with Gasteiger partial charge in [-0.3, -0.25) is 14.9 Å². The van der Waals surface area contributed by atoms with Crippen LogP contribution in [0.3, 0.4) is 0 Å². The van der Waals surface area contributed by atoms with Crippen LogP contribution < -0.4 is 10.3 Å². The third-order valence-corrected chi connectivity index (χ3v) is 5.25. The molecule has 1 aromatic heterocycles. The Kier molecular flexibility index (Phi) is 5.00. The number of aryl methyl sites for hydroxylation is 2. The predicted octanol–water partition coefficient (Wildman–Crippen LogP) is 1.97. The standard InChI is InChI=1S/C13H14Cl2N4O3S/c1-7-12(8(2)19(3)17-7)23(21,22)18-16-13(20)10-6-9(14)4-5-11(10)15/h4-6,18H,1-3H3,(H,16,20). The van der Waals surface area contributed by atoms with E-state index in [2.05, 4.69) is 10.5 Å². The van der Waals surface area contributed by atoms with Crippen molar-refractivity contribution in [2.75, 3.05) is 0 Å². The molecule has 0 atom stereocenters. The molecule has 2 rings (SSSR count). The van der Waals surface area contributed by atoms with Crippen LogP contribution in [0.4, 0.5) is 0 Å². The lowest BCUT2D eigenvalue weighted by Crippen LogP contribution is -2.42. The van der Waals surface area contributed by atoms with Gasteiger partial charge in [0.05, 0.1) is 22.0 Å². The van der Waals surface area contributed by atoms with Crippen LogP contribution >= 0.6 is 23.2 Å². The summed E-state index contributed by atoms with van der Waals surface area (Å²) in [6, 6.07) is 4.31. The van der Waals surface area contributed by atoms with E-state index in [9.17, 15) is 13.2 Å². The Morgan fingerprint density at radius 2 is 1.91 bits per heavy atom. The quantitative estimate of drug-likeness (QED) is 0.797. The van der Waals surface area contributed by atoms with Gasteiger partial charge < -0.3 is 0 Å². The topological polar surface area (TPSA) is 93.1 Å². The van der Waals surface area contributed by atoms with Gasteiger partial charge in [-0.15, -0.1) is 4.83 Å². The van der Waals surface area contributed by atoms with Crippen LogP contribution in [0.5, 0.6) is 0 Å². The summed E-state index contributed by atoms with van der Waals surface area (Å²) >= 11 is 11.7. The summed E-state index contributed by atoms with van der Waals surface area (Å²) in [6.45, 7) is 3.18. The van der Waals surface area contributed by atoms with Crippen LogP contribution in [0, 0.1) is 13.8 Å². The van der Waals surface area contributed by atoms with E-state index in [0.29, 0.717) is 16.4 Å². The Bertz CT molecular complexity index is 878. The monoisotopic (exact) mass is 376 g/mol. The lowest BCUT2D eigenvalue weighted by molar-refractivity contribution is 0.0945. The van der Waals surface area contributed by atoms with Crippen LogP contribution in [0.25, 0.3) is 0 Å². The number of hydrogen-bond donors (Lipinski definition) is 2. The highest BCUT2D eigenvalue weighted by Crippen LogP contribution is 2.21. The number of hydrazine groups is 1. The number of hydrogen-bond acceptors (Lipinski definition) is 4. The molecule has 1 aromatic carbocycles. The minimum atomic E-state index is -3.97. The van der Waals surface area contributed by atoms with Gasteiger partial charge in [0.2, 0.25) is 0 Å². The maximum Gasteiger partial charge on any atom is 0.267 e.